The molecule has 2 amide bonds. The maximum atomic E-state index is 13.2. The van der Waals surface area contributed by atoms with Crippen molar-refractivity contribution in [3.05, 3.63) is 47.3 Å². The Hall–Kier alpha value is -3.42. The summed E-state index contributed by atoms with van der Waals surface area (Å²) < 4.78 is 7.07. The van der Waals surface area contributed by atoms with Gasteiger partial charge in [-0.1, -0.05) is 12.1 Å². The minimum Gasteiger partial charge on any atom is -0.449 e. The van der Waals surface area contributed by atoms with E-state index in [-0.39, 0.29) is 5.91 Å². The number of para-hydroxylation sites is 2. The molecule has 0 radical (unpaired) electrons. The average Bonchev–Trinajstić information content (AvgIpc) is 2.92. The summed E-state index contributed by atoms with van der Waals surface area (Å²) in [5, 5.41) is 7.10. The second-order valence-electron chi connectivity index (χ2n) is 7.82. The van der Waals surface area contributed by atoms with Crippen molar-refractivity contribution < 1.29 is 19.1 Å². The number of benzene rings is 1. The van der Waals surface area contributed by atoms with Gasteiger partial charge in [-0.3, -0.25) is 19.2 Å². The third-order valence-electron chi connectivity index (χ3n) is 5.32. The highest BCUT2D eigenvalue weighted by Gasteiger charge is 2.45. The van der Waals surface area contributed by atoms with Crippen LogP contribution in [0.15, 0.2) is 30.3 Å². The Bertz CT molecular complexity index is 1050. The van der Waals surface area contributed by atoms with E-state index in [1.807, 2.05) is 20.9 Å². The van der Waals surface area contributed by atoms with E-state index < -0.39 is 23.5 Å². The summed E-state index contributed by atoms with van der Waals surface area (Å²) in [4.78, 5) is 39.4. The molecule has 30 heavy (non-hydrogen) atoms. The Morgan fingerprint density at radius 1 is 1.23 bits per heavy atom. The monoisotopic (exact) mass is 410 g/mol. The van der Waals surface area contributed by atoms with Crippen molar-refractivity contribution in [2.45, 2.75) is 46.3 Å². The standard InChI is InChI=1S/C22H26N4O4/c1-13-16(14(2)25(6)24-13)11-12-19(27)30-15(3)20(28)26-18-10-8-7-9-17(18)23-21(29)22(26,4)5/h7-12,15H,1-6H3,(H,23,29)/b12-11+/t15-/m0/s1. The predicted molar refractivity (Wildman–Crippen MR) is 114 cm³/mol. The Kier molecular flexibility index (Phi) is 5.52. The van der Waals surface area contributed by atoms with E-state index >= 15 is 0 Å². The lowest BCUT2D eigenvalue weighted by atomic mass is 9.95. The van der Waals surface area contributed by atoms with Gasteiger partial charge in [0, 0.05) is 24.4 Å². The van der Waals surface area contributed by atoms with Crippen molar-refractivity contribution in [3.8, 4) is 0 Å². The molecule has 0 saturated carbocycles. The summed E-state index contributed by atoms with van der Waals surface area (Å²) in [6.45, 7) is 8.56. The molecule has 1 N–H and O–H groups in total. The fraction of sp³-hybridized carbons (Fsp3) is 0.364. The third-order valence-corrected chi connectivity index (χ3v) is 5.32. The van der Waals surface area contributed by atoms with Crippen LogP contribution in [0.3, 0.4) is 0 Å². The van der Waals surface area contributed by atoms with E-state index in [9.17, 15) is 14.4 Å². The smallest absolute Gasteiger partial charge is 0.331 e. The summed E-state index contributed by atoms with van der Waals surface area (Å²) in [5.41, 5.74) is 2.50. The van der Waals surface area contributed by atoms with Crippen LogP contribution >= 0.6 is 0 Å². The number of ether oxygens (including phenoxy) is 1. The van der Waals surface area contributed by atoms with Crippen LogP contribution < -0.4 is 10.2 Å². The van der Waals surface area contributed by atoms with Gasteiger partial charge >= 0.3 is 5.97 Å². The zero-order valence-corrected chi connectivity index (χ0v) is 18.0. The molecule has 158 valence electrons. The number of anilines is 2. The zero-order chi connectivity index (χ0) is 22.2. The number of rotatable bonds is 4. The van der Waals surface area contributed by atoms with E-state index in [1.54, 1.807) is 48.9 Å². The first kappa shape index (κ1) is 21.3. The van der Waals surface area contributed by atoms with E-state index in [4.69, 9.17) is 4.74 Å². The van der Waals surface area contributed by atoms with Gasteiger partial charge in [-0.15, -0.1) is 0 Å². The van der Waals surface area contributed by atoms with Gasteiger partial charge in [0.15, 0.2) is 6.10 Å². The molecular weight excluding hydrogens is 384 g/mol. The second kappa shape index (κ2) is 7.78. The molecule has 1 aromatic carbocycles. The lowest BCUT2D eigenvalue weighted by molar-refractivity contribution is -0.149. The summed E-state index contributed by atoms with van der Waals surface area (Å²) in [6, 6.07) is 7.03. The SMILES string of the molecule is Cc1nn(C)c(C)c1/C=C/C(=O)O[C@@H](C)C(=O)N1c2ccccc2NC(=O)C1(C)C. The molecule has 1 aromatic heterocycles. The normalized spacial score (nSPS) is 16.2. The number of nitrogens with zero attached hydrogens (tertiary/aromatic N) is 3. The molecular formula is C22H26N4O4. The van der Waals surface area contributed by atoms with Crippen LogP contribution in [0.4, 0.5) is 11.4 Å². The van der Waals surface area contributed by atoms with Gasteiger partial charge in [-0.2, -0.15) is 5.10 Å². The molecule has 0 unspecified atom stereocenters. The van der Waals surface area contributed by atoms with E-state index in [2.05, 4.69) is 10.4 Å². The van der Waals surface area contributed by atoms with Crippen LogP contribution in [0.2, 0.25) is 0 Å². The number of fused-ring (bicyclic) bond motifs is 1. The minimum absolute atomic E-state index is 0.310. The average molecular weight is 410 g/mol. The number of esters is 1. The maximum absolute atomic E-state index is 13.2. The molecule has 1 aliphatic rings. The van der Waals surface area contributed by atoms with Gasteiger partial charge in [0.25, 0.3) is 5.91 Å². The first-order valence-corrected chi connectivity index (χ1v) is 9.67. The highest BCUT2D eigenvalue weighted by atomic mass is 16.5. The zero-order valence-electron chi connectivity index (χ0n) is 18.0. The fourth-order valence-corrected chi connectivity index (χ4v) is 3.47. The summed E-state index contributed by atoms with van der Waals surface area (Å²) in [5.74, 6) is -1.43. The first-order valence-electron chi connectivity index (χ1n) is 9.67. The molecule has 3 rings (SSSR count). The van der Waals surface area contributed by atoms with Crippen LogP contribution in [-0.2, 0) is 26.2 Å². The van der Waals surface area contributed by atoms with Crippen LogP contribution in [0.25, 0.3) is 6.08 Å². The van der Waals surface area contributed by atoms with E-state index in [0.717, 1.165) is 17.0 Å². The van der Waals surface area contributed by atoms with E-state index in [0.29, 0.717) is 11.4 Å². The van der Waals surface area contributed by atoms with Crippen LogP contribution in [0, 0.1) is 13.8 Å². The maximum Gasteiger partial charge on any atom is 0.331 e. The molecule has 0 aliphatic carbocycles. The molecule has 0 bridgehead atoms. The Balaban J connectivity index is 1.79. The molecule has 2 aromatic rings. The summed E-state index contributed by atoms with van der Waals surface area (Å²) >= 11 is 0. The lowest BCUT2D eigenvalue weighted by Crippen LogP contribution is -2.60. The van der Waals surface area contributed by atoms with Crippen molar-refractivity contribution in [1.29, 1.82) is 0 Å². The molecule has 8 heteroatoms. The lowest BCUT2D eigenvalue weighted by Gasteiger charge is -2.42. The summed E-state index contributed by atoms with van der Waals surface area (Å²) in [6.07, 6.45) is 1.84. The molecule has 8 nitrogen and oxygen atoms in total. The Morgan fingerprint density at radius 3 is 2.53 bits per heavy atom. The largest absolute Gasteiger partial charge is 0.449 e. The summed E-state index contributed by atoms with van der Waals surface area (Å²) in [7, 11) is 1.83. The second-order valence-corrected chi connectivity index (χ2v) is 7.82. The molecule has 0 spiro atoms. The number of amides is 2. The minimum atomic E-state index is -1.13. The van der Waals surface area contributed by atoms with Crippen molar-refractivity contribution in [2.24, 2.45) is 7.05 Å². The van der Waals surface area contributed by atoms with Crippen LogP contribution in [0.5, 0.6) is 0 Å². The fourth-order valence-electron chi connectivity index (χ4n) is 3.47. The molecule has 1 atom stereocenters. The third kappa shape index (κ3) is 3.72. The number of nitrogens with one attached hydrogen (secondary N) is 1. The predicted octanol–water partition coefficient (Wildman–Crippen LogP) is 2.75. The highest BCUT2D eigenvalue weighted by Crippen LogP contribution is 2.37. The number of aromatic nitrogens is 2. The van der Waals surface area contributed by atoms with Crippen molar-refractivity contribution in [1.82, 2.24) is 9.78 Å². The van der Waals surface area contributed by atoms with Gasteiger partial charge in [-0.25, -0.2) is 4.79 Å². The van der Waals surface area contributed by atoms with Gasteiger partial charge in [0.1, 0.15) is 5.54 Å². The van der Waals surface area contributed by atoms with Crippen LogP contribution in [-0.4, -0.2) is 39.2 Å². The van der Waals surface area contributed by atoms with Gasteiger partial charge in [-0.05, 0) is 52.8 Å². The van der Waals surface area contributed by atoms with Crippen molar-refractivity contribution in [2.75, 3.05) is 10.2 Å². The van der Waals surface area contributed by atoms with Gasteiger partial charge in [0.2, 0.25) is 5.91 Å². The molecule has 1 aliphatic heterocycles. The first-order chi connectivity index (χ1) is 14.0. The number of aryl methyl sites for hydroxylation is 2. The number of hydrogen-bond acceptors (Lipinski definition) is 5. The topological polar surface area (TPSA) is 93.5 Å². The molecule has 0 fully saturated rings. The van der Waals surface area contributed by atoms with Crippen molar-refractivity contribution >= 4 is 35.2 Å². The van der Waals surface area contributed by atoms with Crippen LogP contribution in [0.1, 0.15) is 37.7 Å². The van der Waals surface area contributed by atoms with Crippen molar-refractivity contribution in [3.63, 3.8) is 0 Å². The van der Waals surface area contributed by atoms with Gasteiger partial charge < -0.3 is 10.1 Å². The quantitative estimate of drug-likeness (QED) is 0.618. The Labute approximate surface area is 175 Å². The Morgan fingerprint density at radius 2 is 1.90 bits per heavy atom. The number of carbonyl (C=O) groups excluding carboxylic acids is 3. The number of carbonyl (C=O) groups is 3. The van der Waals surface area contributed by atoms with Gasteiger partial charge in [0.05, 0.1) is 17.1 Å². The number of hydrogen-bond donors (Lipinski definition) is 1. The highest BCUT2D eigenvalue weighted by molar-refractivity contribution is 6.15. The van der Waals surface area contributed by atoms with E-state index in [1.165, 1.54) is 17.9 Å². The molecule has 2 heterocycles. The molecule has 0 saturated heterocycles.